The molecule has 0 bridgehead atoms. The molecule has 1 aliphatic rings. The van der Waals surface area contributed by atoms with Crippen LogP contribution in [0.2, 0.25) is 0 Å². The second kappa shape index (κ2) is 10.7. The number of halogens is 3. The maximum Gasteiger partial charge on any atom is 0.229 e. The van der Waals surface area contributed by atoms with Crippen LogP contribution >= 0.6 is 23.1 Å². The molecule has 1 fully saturated rings. The average Bonchev–Trinajstić information content (AvgIpc) is 3.20. The number of thioether (sulfide) groups is 1. The standard InChI is InChI=1S/C22H22F3N3O2S2/c23-15-1-3-17(4-2-15)31-12-5-20(29)28(7-6-27-8-10-30-11-9-27)22-26-21-18(25)13-16(24)14-19(21)32-22/h1-4,13-14H,5-12H2. The summed E-state index contributed by atoms with van der Waals surface area (Å²) in [7, 11) is 0. The van der Waals surface area contributed by atoms with Crippen molar-refractivity contribution in [1.82, 2.24) is 9.88 Å². The molecule has 0 aliphatic carbocycles. The van der Waals surface area contributed by atoms with Crippen molar-refractivity contribution in [2.75, 3.05) is 50.0 Å². The zero-order chi connectivity index (χ0) is 22.5. The Morgan fingerprint density at radius 2 is 1.88 bits per heavy atom. The van der Waals surface area contributed by atoms with Crippen LogP contribution in [-0.4, -0.2) is 60.9 Å². The maximum atomic E-state index is 14.2. The van der Waals surface area contributed by atoms with Crippen molar-refractivity contribution >= 4 is 44.4 Å². The predicted molar refractivity (Wildman–Crippen MR) is 121 cm³/mol. The molecule has 0 atom stereocenters. The molecular formula is C22H22F3N3O2S2. The third-order valence-electron chi connectivity index (χ3n) is 5.08. The van der Waals surface area contributed by atoms with E-state index in [1.165, 1.54) is 30.0 Å². The molecular weight excluding hydrogens is 459 g/mol. The Kier molecular flexibility index (Phi) is 7.67. The molecule has 1 saturated heterocycles. The lowest BCUT2D eigenvalue weighted by Crippen LogP contribution is -2.43. The maximum absolute atomic E-state index is 14.2. The van der Waals surface area contributed by atoms with E-state index in [-0.39, 0.29) is 23.7 Å². The molecule has 10 heteroatoms. The van der Waals surface area contributed by atoms with Crippen LogP contribution in [0.5, 0.6) is 0 Å². The SMILES string of the molecule is O=C(CCSc1ccc(F)cc1)N(CCN1CCOCC1)c1nc2c(F)cc(F)cc2s1. The lowest BCUT2D eigenvalue weighted by Gasteiger charge is -2.29. The van der Waals surface area contributed by atoms with Crippen LogP contribution in [0.4, 0.5) is 18.3 Å². The Bertz CT molecular complexity index is 1070. The van der Waals surface area contributed by atoms with Gasteiger partial charge in [0.2, 0.25) is 5.91 Å². The molecule has 32 heavy (non-hydrogen) atoms. The number of morpholine rings is 1. The first-order valence-corrected chi connectivity index (χ1v) is 12.0. The van der Waals surface area contributed by atoms with Crippen LogP contribution in [0, 0.1) is 17.5 Å². The van der Waals surface area contributed by atoms with E-state index in [0.29, 0.717) is 41.9 Å². The number of fused-ring (bicyclic) bond motifs is 1. The normalized spacial score (nSPS) is 14.7. The van der Waals surface area contributed by atoms with Gasteiger partial charge in [0, 0.05) is 49.3 Å². The summed E-state index contributed by atoms with van der Waals surface area (Å²) in [5, 5.41) is 0.356. The molecule has 1 aliphatic heterocycles. The number of amides is 1. The van der Waals surface area contributed by atoms with Crippen molar-refractivity contribution in [3.05, 3.63) is 53.8 Å². The van der Waals surface area contributed by atoms with Crippen molar-refractivity contribution < 1.29 is 22.7 Å². The first kappa shape index (κ1) is 23.0. The first-order chi connectivity index (χ1) is 15.5. The van der Waals surface area contributed by atoms with E-state index in [1.54, 1.807) is 17.0 Å². The highest BCUT2D eigenvalue weighted by atomic mass is 32.2. The summed E-state index contributed by atoms with van der Waals surface area (Å²) in [5.74, 6) is -1.36. The van der Waals surface area contributed by atoms with Crippen molar-refractivity contribution in [3.63, 3.8) is 0 Å². The number of hydrogen-bond acceptors (Lipinski definition) is 6. The van der Waals surface area contributed by atoms with Gasteiger partial charge in [-0.15, -0.1) is 11.8 Å². The zero-order valence-electron chi connectivity index (χ0n) is 17.2. The highest BCUT2D eigenvalue weighted by Gasteiger charge is 2.22. The lowest BCUT2D eigenvalue weighted by atomic mass is 10.3. The first-order valence-electron chi connectivity index (χ1n) is 10.2. The number of ether oxygens (including phenoxy) is 1. The summed E-state index contributed by atoms with van der Waals surface area (Å²) in [6, 6.07) is 8.14. The van der Waals surface area contributed by atoms with Gasteiger partial charge in [0.15, 0.2) is 10.9 Å². The predicted octanol–water partition coefficient (Wildman–Crippen LogP) is 4.56. The highest BCUT2D eigenvalue weighted by molar-refractivity contribution is 7.99. The molecule has 0 spiro atoms. The number of rotatable bonds is 8. The molecule has 0 N–H and O–H groups in total. The Morgan fingerprint density at radius 3 is 2.62 bits per heavy atom. The number of hydrogen-bond donors (Lipinski definition) is 0. The molecule has 0 saturated carbocycles. The van der Waals surface area contributed by atoms with Gasteiger partial charge in [-0.1, -0.05) is 11.3 Å². The second-order valence-corrected chi connectivity index (χ2v) is 9.46. The van der Waals surface area contributed by atoms with E-state index >= 15 is 0 Å². The van der Waals surface area contributed by atoms with Crippen LogP contribution in [0.25, 0.3) is 10.2 Å². The van der Waals surface area contributed by atoms with Gasteiger partial charge in [-0.05, 0) is 30.3 Å². The van der Waals surface area contributed by atoms with Crippen molar-refractivity contribution in [1.29, 1.82) is 0 Å². The van der Waals surface area contributed by atoms with E-state index in [4.69, 9.17) is 4.74 Å². The Labute approximate surface area is 192 Å². The van der Waals surface area contributed by atoms with Crippen LogP contribution < -0.4 is 4.90 Å². The van der Waals surface area contributed by atoms with Crippen LogP contribution in [0.15, 0.2) is 41.3 Å². The smallest absolute Gasteiger partial charge is 0.229 e. The fourth-order valence-corrected chi connectivity index (χ4v) is 5.27. The Balaban J connectivity index is 1.48. The van der Waals surface area contributed by atoms with Gasteiger partial charge in [0.05, 0.1) is 17.9 Å². The van der Waals surface area contributed by atoms with E-state index in [1.807, 2.05) is 0 Å². The molecule has 0 radical (unpaired) electrons. The number of carbonyl (C=O) groups excluding carboxylic acids is 1. The molecule has 170 valence electrons. The van der Waals surface area contributed by atoms with Crippen molar-refractivity contribution in [2.24, 2.45) is 0 Å². The Hall–Kier alpha value is -2.14. The number of carbonyl (C=O) groups is 1. The topological polar surface area (TPSA) is 45.7 Å². The van der Waals surface area contributed by atoms with Gasteiger partial charge in [-0.3, -0.25) is 14.6 Å². The number of aromatic nitrogens is 1. The summed E-state index contributed by atoms with van der Waals surface area (Å²) in [4.78, 5) is 22.0. The second-order valence-electron chi connectivity index (χ2n) is 7.28. The van der Waals surface area contributed by atoms with Crippen LogP contribution in [0.3, 0.4) is 0 Å². The molecule has 2 heterocycles. The van der Waals surface area contributed by atoms with Gasteiger partial charge in [0.1, 0.15) is 17.2 Å². The minimum Gasteiger partial charge on any atom is -0.379 e. The molecule has 4 rings (SSSR count). The molecule has 0 unspecified atom stereocenters. The number of thiazole rings is 1. The third-order valence-corrected chi connectivity index (χ3v) is 7.11. The van der Waals surface area contributed by atoms with Gasteiger partial charge >= 0.3 is 0 Å². The quantitative estimate of drug-likeness (QED) is 0.442. The number of anilines is 1. The minimum atomic E-state index is -0.741. The Morgan fingerprint density at radius 1 is 1.12 bits per heavy atom. The zero-order valence-corrected chi connectivity index (χ0v) is 18.9. The average molecular weight is 482 g/mol. The van der Waals surface area contributed by atoms with Gasteiger partial charge < -0.3 is 4.74 Å². The number of nitrogens with zero attached hydrogens (tertiary/aromatic N) is 3. The fourth-order valence-electron chi connectivity index (χ4n) is 3.38. The van der Waals surface area contributed by atoms with Crippen molar-refractivity contribution in [2.45, 2.75) is 11.3 Å². The summed E-state index contributed by atoms with van der Waals surface area (Å²) in [6.07, 6.45) is 0.234. The van der Waals surface area contributed by atoms with Gasteiger partial charge in [-0.25, -0.2) is 18.2 Å². The number of benzene rings is 2. The molecule has 2 aromatic carbocycles. The van der Waals surface area contributed by atoms with E-state index < -0.39 is 11.6 Å². The fraction of sp³-hybridized carbons (Fsp3) is 0.364. The van der Waals surface area contributed by atoms with Crippen LogP contribution in [-0.2, 0) is 9.53 Å². The molecule has 3 aromatic rings. The minimum absolute atomic E-state index is 0.0660. The molecule has 1 amide bonds. The lowest BCUT2D eigenvalue weighted by molar-refractivity contribution is -0.118. The summed E-state index contributed by atoms with van der Waals surface area (Å²) < 4.78 is 46.6. The highest BCUT2D eigenvalue weighted by Crippen LogP contribution is 2.32. The summed E-state index contributed by atoms with van der Waals surface area (Å²) in [6.45, 7) is 3.88. The van der Waals surface area contributed by atoms with Crippen LogP contribution in [0.1, 0.15) is 6.42 Å². The van der Waals surface area contributed by atoms with E-state index in [9.17, 15) is 18.0 Å². The van der Waals surface area contributed by atoms with Crippen molar-refractivity contribution in [3.8, 4) is 0 Å². The third kappa shape index (κ3) is 5.80. The molecule has 1 aromatic heterocycles. The van der Waals surface area contributed by atoms with E-state index in [2.05, 4.69) is 9.88 Å². The van der Waals surface area contributed by atoms with Gasteiger partial charge in [-0.2, -0.15) is 0 Å². The van der Waals surface area contributed by atoms with E-state index in [0.717, 1.165) is 35.4 Å². The summed E-state index contributed by atoms with van der Waals surface area (Å²) in [5.41, 5.74) is 0.0660. The molecule has 5 nitrogen and oxygen atoms in total. The largest absolute Gasteiger partial charge is 0.379 e. The summed E-state index contributed by atoms with van der Waals surface area (Å²) >= 11 is 2.56. The van der Waals surface area contributed by atoms with Gasteiger partial charge in [0.25, 0.3) is 0 Å². The monoisotopic (exact) mass is 481 g/mol.